The summed E-state index contributed by atoms with van der Waals surface area (Å²) in [6.45, 7) is -0.0498. The number of hydrogen-bond acceptors (Lipinski definition) is 6. The van der Waals surface area contributed by atoms with Crippen molar-refractivity contribution in [1.29, 1.82) is 0 Å². The van der Waals surface area contributed by atoms with Crippen LogP contribution in [0, 0.1) is 27.8 Å². The highest BCUT2D eigenvalue weighted by molar-refractivity contribution is 5.94. The van der Waals surface area contributed by atoms with Gasteiger partial charge < -0.3 is 14.8 Å². The van der Waals surface area contributed by atoms with Crippen LogP contribution in [0.5, 0.6) is 0 Å². The average molecular weight is 474 g/mol. The molecule has 35 heavy (non-hydrogen) atoms. The van der Waals surface area contributed by atoms with Crippen molar-refractivity contribution in [2.45, 2.75) is 5.92 Å². The van der Waals surface area contributed by atoms with Gasteiger partial charge in [0.1, 0.15) is 18.0 Å². The van der Waals surface area contributed by atoms with E-state index in [1.54, 1.807) is 0 Å². The van der Waals surface area contributed by atoms with E-state index in [2.05, 4.69) is 21.9 Å². The van der Waals surface area contributed by atoms with Crippen LogP contribution in [0.4, 0.5) is 14.9 Å². The van der Waals surface area contributed by atoms with Crippen LogP contribution in [0.25, 0.3) is 11.1 Å². The molecule has 0 heterocycles. The first kappa shape index (κ1) is 23.4. The molecular formula is C26H19FN2O6. The van der Waals surface area contributed by atoms with Gasteiger partial charge in [0, 0.05) is 12.0 Å². The fourth-order valence-electron chi connectivity index (χ4n) is 3.99. The number of alkyl carbamates (subject to hydrolysis) is 1. The quantitative estimate of drug-likeness (QED) is 0.254. The first-order valence-corrected chi connectivity index (χ1v) is 10.5. The fourth-order valence-corrected chi connectivity index (χ4v) is 3.99. The first-order chi connectivity index (χ1) is 16.9. The molecule has 0 spiro atoms. The second-order valence-electron chi connectivity index (χ2n) is 7.58. The predicted molar refractivity (Wildman–Crippen MR) is 124 cm³/mol. The van der Waals surface area contributed by atoms with E-state index in [9.17, 15) is 24.1 Å². The second kappa shape index (κ2) is 10.1. The van der Waals surface area contributed by atoms with E-state index in [1.165, 1.54) is 0 Å². The smallest absolute Gasteiger partial charge is 0.407 e. The number of nitrogens with one attached hydrogen (secondary N) is 1. The summed E-state index contributed by atoms with van der Waals surface area (Å²) in [4.78, 5) is 34.2. The Kier molecular flexibility index (Phi) is 6.73. The number of nitro benzene ring substituents is 1. The summed E-state index contributed by atoms with van der Waals surface area (Å²) < 4.78 is 24.1. The van der Waals surface area contributed by atoms with E-state index in [0.717, 1.165) is 35.4 Å². The van der Waals surface area contributed by atoms with Crippen LogP contribution in [-0.2, 0) is 9.47 Å². The standard InChI is InChI=1S/C26H19FN2O6/c1-34-25(30)21-14-23(27)16(13-24(21)29(32)33)7-6-12-28-26(31)35-15-22-19-10-4-2-8-17(19)18-9-3-5-11-20(18)22/h2-5,8-11,13-14,22H,12,15H2,1H3,(H,28,31). The number of amides is 1. The summed E-state index contributed by atoms with van der Waals surface area (Å²) in [5.41, 5.74) is 2.93. The molecule has 3 aromatic carbocycles. The molecule has 8 nitrogen and oxygen atoms in total. The number of nitro groups is 1. The Balaban J connectivity index is 1.38. The molecule has 176 valence electrons. The Bertz CT molecular complexity index is 1350. The number of halogens is 1. The lowest BCUT2D eigenvalue weighted by Gasteiger charge is -2.14. The van der Waals surface area contributed by atoms with Crippen molar-refractivity contribution < 1.29 is 28.4 Å². The minimum Gasteiger partial charge on any atom is -0.465 e. The Morgan fingerprint density at radius 2 is 1.71 bits per heavy atom. The Labute approximate surface area is 199 Å². The Hall–Kier alpha value is -4.71. The minimum atomic E-state index is -1.04. The maximum atomic E-state index is 14.3. The van der Waals surface area contributed by atoms with E-state index < -0.39 is 34.1 Å². The molecule has 0 aliphatic heterocycles. The number of esters is 1. The van der Waals surface area contributed by atoms with Gasteiger partial charge in [-0.2, -0.15) is 0 Å². The minimum absolute atomic E-state index is 0.0952. The third-order valence-electron chi connectivity index (χ3n) is 5.58. The molecule has 1 aliphatic carbocycles. The number of nitrogens with zero attached hydrogens (tertiary/aromatic N) is 1. The van der Waals surface area contributed by atoms with Crippen LogP contribution in [0.2, 0.25) is 0 Å². The predicted octanol–water partition coefficient (Wildman–Crippen LogP) is 4.41. The number of benzene rings is 3. The van der Waals surface area contributed by atoms with E-state index in [-0.39, 0.29) is 24.6 Å². The van der Waals surface area contributed by atoms with Gasteiger partial charge in [-0.25, -0.2) is 14.0 Å². The van der Waals surface area contributed by atoms with Crippen LogP contribution in [0.3, 0.4) is 0 Å². The summed E-state index contributed by atoms with van der Waals surface area (Å²) in [6.07, 6.45) is -0.700. The van der Waals surface area contributed by atoms with Crippen molar-refractivity contribution in [2.75, 3.05) is 20.3 Å². The van der Waals surface area contributed by atoms with Gasteiger partial charge in [-0.1, -0.05) is 60.4 Å². The molecule has 0 atom stereocenters. The van der Waals surface area contributed by atoms with Crippen molar-refractivity contribution in [2.24, 2.45) is 0 Å². The van der Waals surface area contributed by atoms with Crippen LogP contribution >= 0.6 is 0 Å². The highest BCUT2D eigenvalue weighted by Gasteiger charge is 2.29. The molecule has 0 saturated heterocycles. The second-order valence-corrected chi connectivity index (χ2v) is 7.58. The van der Waals surface area contributed by atoms with E-state index >= 15 is 0 Å². The van der Waals surface area contributed by atoms with Gasteiger partial charge in [-0.15, -0.1) is 0 Å². The van der Waals surface area contributed by atoms with Crippen molar-refractivity contribution in [3.05, 3.63) is 98.8 Å². The van der Waals surface area contributed by atoms with Crippen LogP contribution in [0.1, 0.15) is 33.0 Å². The largest absolute Gasteiger partial charge is 0.465 e. The van der Waals surface area contributed by atoms with Gasteiger partial charge in [0.25, 0.3) is 5.69 Å². The number of carbonyl (C=O) groups is 2. The van der Waals surface area contributed by atoms with Crippen molar-refractivity contribution >= 4 is 17.7 Å². The van der Waals surface area contributed by atoms with Crippen LogP contribution in [0.15, 0.2) is 60.7 Å². The molecule has 1 N–H and O–H groups in total. The zero-order valence-electron chi connectivity index (χ0n) is 18.5. The molecule has 0 radical (unpaired) electrons. The Morgan fingerprint density at radius 1 is 1.09 bits per heavy atom. The zero-order chi connectivity index (χ0) is 24.9. The van der Waals surface area contributed by atoms with E-state index in [1.807, 2.05) is 48.5 Å². The lowest BCUT2D eigenvalue weighted by Crippen LogP contribution is -2.26. The third kappa shape index (κ3) is 4.82. The summed E-state index contributed by atoms with van der Waals surface area (Å²) in [6, 6.07) is 17.4. The molecule has 0 unspecified atom stereocenters. The lowest BCUT2D eigenvalue weighted by atomic mass is 9.98. The SMILES string of the molecule is COC(=O)c1cc(F)c(C#CCNC(=O)OCC2c3ccccc3-c3ccccc32)cc1[N+](=O)[O-]. The monoisotopic (exact) mass is 474 g/mol. The molecule has 0 bridgehead atoms. The Morgan fingerprint density at radius 3 is 2.31 bits per heavy atom. The molecule has 3 aromatic rings. The molecular weight excluding hydrogens is 455 g/mol. The first-order valence-electron chi connectivity index (χ1n) is 10.5. The number of hydrogen-bond donors (Lipinski definition) is 1. The lowest BCUT2D eigenvalue weighted by molar-refractivity contribution is -0.385. The van der Waals surface area contributed by atoms with Gasteiger partial charge in [0.15, 0.2) is 0 Å². The van der Waals surface area contributed by atoms with Crippen molar-refractivity contribution in [3.63, 3.8) is 0 Å². The molecule has 1 aliphatic rings. The summed E-state index contributed by atoms with van der Waals surface area (Å²) >= 11 is 0. The maximum Gasteiger partial charge on any atom is 0.407 e. The number of fused-ring (bicyclic) bond motifs is 3. The number of methoxy groups -OCH3 is 1. The fraction of sp³-hybridized carbons (Fsp3) is 0.154. The summed E-state index contributed by atoms with van der Waals surface area (Å²) in [7, 11) is 1.03. The van der Waals surface area contributed by atoms with Gasteiger partial charge in [0.05, 0.1) is 24.1 Å². The normalized spacial score (nSPS) is 11.5. The average Bonchev–Trinajstić information content (AvgIpc) is 3.19. The summed E-state index contributed by atoms with van der Waals surface area (Å²) in [5.74, 6) is 2.88. The molecule has 0 fully saturated rings. The van der Waals surface area contributed by atoms with Gasteiger partial charge in [-0.05, 0) is 28.3 Å². The molecule has 9 heteroatoms. The molecule has 4 rings (SSSR count). The van der Waals surface area contributed by atoms with Gasteiger partial charge >= 0.3 is 12.1 Å². The molecule has 0 aromatic heterocycles. The topological polar surface area (TPSA) is 108 Å². The van der Waals surface area contributed by atoms with Gasteiger partial charge in [-0.3, -0.25) is 10.1 Å². The van der Waals surface area contributed by atoms with E-state index in [4.69, 9.17) is 4.74 Å². The molecule has 1 amide bonds. The number of carbonyl (C=O) groups excluding carboxylic acids is 2. The van der Waals surface area contributed by atoms with E-state index in [0.29, 0.717) is 6.07 Å². The van der Waals surface area contributed by atoms with Crippen LogP contribution in [-0.4, -0.2) is 37.2 Å². The zero-order valence-corrected chi connectivity index (χ0v) is 18.5. The number of ether oxygens (including phenoxy) is 2. The van der Waals surface area contributed by atoms with Gasteiger partial charge in [0.2, 0.25) is 0 Å². The highest BCUT2D eigenvalue weighted by atomic mass is 19.1. The highest BCUT2D eigenvalue weighted by Crippen LogP contribution is 2.44. The number of rotatable bonds is 5. The summed E-state index contributed by atoms with van der Waals surface area (Å²) in [5, 5.41) is 13.7. The van der Waals surface area contributed by atoms with Crippen LogP contribution < -0.4 is 5.32 Å². The maximum absolute atomic E-state index is 14.3. The van der Waals surface area contributed by atoms with Crippen molar-refractivity contribution in [1.82, 2.24) is 5.32 Å². The van der Waals surface area contributed by atoms with Crippen molar-refractivity contribution in [3.8, 4) is 23.0 Å². The molecule has 0 saturated carbocycles. The third-order valence-corrected chi connectivity index (χ3v) is 5.58.